The van der Waals surface area contributed by atoms with Gasteiger partial charge in [0.15, 0.2) is 0 Å². The van der Waals surface area contributed by atoms with E-state index in [9.17, 15) is 0 Å². The van der Waals surface area contributed by atoms with Gasteiger partial charge in [-0.25, -0.2) is 0 Å². The topological polar surface area (TPSA) is 99.6 Å². The molecular formula is C26H42Cl2N2O8Pt+4. The summed E-state index contributed by atoms with van der Waals surface area (Å²) in [6.07, 6.45) is 3.38. The molecule has 0 aliphatic heterocycles. The SMILES string of the molecule is CCOCCOCCOCCOc1ccnc(-c2cc(OCCOCCOCCOCC)ccn2)c1.Cl.Cl.[Pt+4]. The summed E-state index contributed by atoms with van der Waals surface area (Å²) >= 11 is 0. The van der Waals surface area contributed by atoms with Gasteiger partial charge in [0.05, 0.1) is 77.5 Å². The molecule has 0 aromatic carbocycles. The molecule has 10 nitrogen and oxygen atoms in total. The average Bonchev–Trinajstić information content (AvgIpc) is 2.91. The molecule has 0 bridgehead atoms. The molecule has 0 amide bonds. The van der Waals surface area contributed by atoms with Crippen LogP contribution in [0.4, 0.5) is 0 Å². The van der Waals surface area contributed by atoms with Gasteiger partial charge in [-0.1, -0.05) is 0 Å². The second kappa shape index (κ2) is 28.5. The van der Waals surface area contributed by atoms with E-state index in [0.29, 0.717) is 115 Å². The second-order valence-corrected chi connectivity index (χ2v) is 7.29. The summed E-state index contributed by atoms with van der Waals surface area (Å²) in [4.78, 5) is 8.81. The van der Waals surface area contributed by atoms with Crippen molar-refractivity contribution in [2.75, 3.05) is 92.5 Å². The third-order valence-electron chi connectivity index (χ3n) is 4.61. The van der Waals surface area contributed by atoms with Crippen molar-refractivity contribution in [1.82, 2.24) is 9.97 Å². The van der Waals surface area contributed by atoms with Gasteiger partial charge in [0.2, 0.25) is 0 Å². The van der Waals surface area contributed by atoms with Gasteiger partial charge in [-0.15, -0.1) is 24.8 Å². The number of hydrogen-bond acceptors (Lipinski definition) is 10. The molecule has 224 valence electrons. The zero-order valence-corrected chi connectivity index (χ0v) is 26.6. The molecule has 0 N–H and O–H groups in total. The van der Waals surface area contributed by atoms with Crippen LogP contribution in [-0.4, -0.2) is 102 Å². The Balaban J connectivity index is 0. The molecule has 2 aromatic heterocycles. The summed E-state index contributed by atoms with van der Waals surface area (Å²) in [7, 11) is 0. The molecule has 0 radical (unpaired) electrons. The summed E-state index contributed by atoms with van der Waals surface area (Å²) in [6.45, 7) is 11.6. The summed E-state index contributed by atoms with van der Waals surface area (Å²) in [5, 5.41) is 0. The summed E-state index contributed by atoms with van der Waals surface area (Å²) < 4.78 is 43.8. The molecule has 0 atom stereocenters. The van der Waals surface area contributed by atoms with Gasteiger partial charge < -0.3 is 37.9 Å². The Hall–Kier alpha value is -1.07. The third kappa shape index (κ3) is 20.5. The third-order valence-corrected chi connectivity index (χ3v) is 4.61. The largest absolute Gasteiger partial charge is 4.00 e. The molecule has 0 spiro atoms. The Morgan fingerprint density at radius 2 is 0.795 bits per heavy atom. The van der Waals surface area contributed by atoms with E-state index < -0.39 is 0 Å². The first-order valence-corrected chi connectivity index (χ1v) is 12.5. The van der Waals surface area contributed by atoms with Crippen molar-refractivity contribution in [3.05, 3.63) is 36.7 Å². The quantitative estimate of drug-likeness (QED) is 0.155. The first-order valence-electron chi connectivity index (χ1n) is 12.5. The predicted octanol–water partition coefficient (Wildman–Crippen LogP) is 3.88. The number of nitrogens with zero attached hydrogens (tertiary/aromatic N) is 2. The molecule has 2 aromatic rings. The Morgan fingerprint density at radius 1 is 0.487 bits per heavy atom. The van der Waals surface area contributed by atoms with Crippen LogP contribution < -0.4 is 9.47 Å². The Morgan fingerprint density at radius 3 is 1.13 bits per heavy atom. The molecule has 0 fully saturated rings. The molecule has 2 heterocycles. The number of aromatic nitrogens is 2. The molecule has 13 heteroatoms. The van der Waals surface area contributed by atoms with E-state index in [2.05, 4.69) is 9.97 Å². The van der Waals surface area contributed by atoms with Crippen LogP contribution in [0.1, 0.15) is 13.8 Å². The van der Waals surface area contributed by atoms with Crippen LogP contribution in [-0.2, 0) is 49.5 Å². The number of hydrogen-bond donors (Lipinski definition) is 0. The van der Waals surface area contributed by atoms with E-state index in [4.69, 9.17) is 37.9 Å². The van der Waals surface area contributed by atoms with Crippen LogP contribution in [0.25, 0.3) is 11.4 Å². The molecule has 39 heavy (non-hydrogen) atoms. The number of pyridine rings is 2. The van der Waals surface area contributed by atoms with Crippen molar-refractivity contribution in [3.63, 3.8) is 0 Å². The van der Waals surface area contributed by atoms with Crippen LogP contribution in [0.5, 0.6) is 11.5 Å². The minimum Gasteiger partial charge on any atom is -0.491 e. The van der Waals surface area contributed by atoms with Crippen LogP contribution in [0.3, 0.4) is 0 Å². The van der Waals surface area contributed by atoms with Crippen LogP contribution in [0, 0.1) is 0 Å². The molecule has 0 unspecified atom stereocenters. The Labute approximate surface area is 258 Å². The smallest absolute Gasteiger partial charge is 0.491 e. The zero-order chi connectivity index (χ0) is 25.5. The average molecular weight is 777 g/mol. The van der Waals surface area contributed by atoms with Gasteiger partial charge in [-0.2, -0.15) is 0 Å². The van der Waals surface area contributed by atoms with Gasteiger partial charge in [-0.3, -0.25) is 9.97 Å². The second-order valence-electron chi connectivity index (χ2n) is 7.29. The molecule has 0 saturated heterocycles. The molecular weight excluding hydrogens is 734 g/mol. The van der Waals surface area contributed by atoms with E-state index in [1.54, 1.807) is 24.5 Å². The van der Waals surface area contributed by atoms with Gasteiger partial charge >= 0.3 is 21.1 Å². The number of rotatable bonds is 23. The van der Waals surface area contributed by atoms with Crippen molar-refractivity contribution >= 4 is 24.8 Å². The first kappa shape index (κ1) is 40.1. The molecule has 0 aliphatic carbocycles. The maximum Gasteiger partial charge on any atom is 4.00 e. The van der Waals surface area contributed by atoms with E-state index in [1.165, 1.54) is 0 Å². The van der Waals surface area contributed by atoms with Gasteiger partial charge in [0, 0.05) is 37.7 Å². The van der Waals surface area contributed by atoms with Gasteiger partial charge in [0.1, 0.15) is 24.7 Å². The summed E-state index contributed by atoms with van der Waals surface area (Å²) in [5.74, 6) is 1.39. The predicted molar refractivity (Wildman–Crippen MR) is 149 cm³/mol. The van der Waals surface area contributed by atoms with E-state index in [0.717, 1.165) is 0 Å². The molecule has 2 rings (SSSR count). The number of halogens is 2. The minimum absolute atomic E-state index is 0. The van der Waals surface area contributed by atoms with Crippen molar-refractivity contribution in [3.8, 4) is 22.9 Å². The van der Waals surface area contributed by atoms with E-state index >= 15 is 0 Å². The maximum absolute atomic E-state index is 5.78. The van der Waals surface area contributed by atoms with E-state index in [1.807, 2.05) is 26.0 Å². The fraction of sp³-hybridized carbons (Fsp3) is 0.615. The Bertz CT molecular complexity index is 749. The monoisotopic (exact) mass is 775 g/mol. The van der Waals surface area contributed by atoms with Crippen LogP contribution >= 0.6 is 24.8 Å². The Kier molecular flexibility index (Phi) is 29.2. The summed E-state index contributed by atoms with van der Waals surface area (Å²) in [5.41, 5.74) is 1.39. The number of ether oxygens (including phenoxy) is 8. The van der Waals surface area contributed by atoms with Crippen molar-refractivity contribution in [1.29, 1.82) is 0 Å². The van der Waals surface area contributed by atoms with Crippen molar-refractivity contribution in [2.24, 2.45) is 0 Å². The standard InChI is InChI=1S/C26H40N2O8.2ClH.Pt/c1-3-29-9-11-31-13-15-33-17-19-35-23-5-7-27-25(21-23)26-22-24(6-8-28-26)36-20-18-34-16-14-32-12-10-30-4-2;;;/h5-8,21-22H,3-4,9-20H2,1-2H3;2*1H;/q;;;+4. The van der Waals surface area contributed by atoms with Crippen LogP contribution in [0.15, 0.2) is 36.7 Å². The van der Waals surface area contributed by atoms with E-state index in [-0.39, 0.29) is 45.9 Å². The first-order chi connectivity index (χ1) is 17.8. The maximum atomic E-state index is 5.78. The van der Waals surface area contributed by atoms with Gasteiger partial charge in [-0.05, 0) is 26.0 Å². The fourth-order valence-corrected chi connectivity index (χ4v) is 2.89. The van der Waals surface area contributed by atoms with Crippen molar-refractivity contribution < 1.29 is 59.0 Å². The minimum atomic E-state index is 0. The van der Waals surface area contributed by atoms with Crippen molar-refractivity contribution in [2.45, 2.75) is 13.8 Å². The molecule has 0 saturated carbocycles. The zero-order valence-electron chi connectivity index (χ0n) is 22.7. The molecule has 0 aliphatic rings. The fourth-order valence-electron chi connectivity index (χ4n) is 2.89. The van der Waals surface area contributed by atoms with Gasteiger partial charge in [0.25, 0.3) is 0 Å². The van der Waals surface area contributed by atoms with Crippen LogP contribution in [0.2, 0.25) is 0 Å². The summed E-state index contributed by atoms with van der Waals surface area (Å²) in [6, 6.07) is 7.30. The normalized spacial score (nSPS) is 10.2.